The summed E-state index contributed by atoms with van der Waals surface area (Å²) in [7, 11) is 0. The van der Waals surface area contributed by atoms with Crippen molar-refractivity contribution >= 4 is 11.8 Å². The van der Waals surface area contributed by atoms with Crippen LogP contribution in [0, 0.1) is 11.8 Å². The SMILES string of the molecule is CCC(C)(CCO)NC(=O)C1CCN(C(=O)C(C)C)CC1. The van der Waals surface area contributed by atoms with Crippen molar-refractivity contribution in [3.63, 3.8) is 0 Å². The molecule has 0 radical (unpaired) electrons. The van der Waals surface area contributed by atoms with Crippen molar-refractivity contribution in [3.8, 4) is 0 Å². The normalized spacial score (nSPS) is 19.4. The first kappa shape index (κ1) is 18.0. The summed E-state index contributed by atoms with van der Waals surface area (Å²) in [4.78, 5) is 26.2. The molecule has 2 N–H and O–H groups in total. The number of carbonyl (C=O) groups is 2. The highest BCUT2D eigenvalue weighted by Gasteiger charge is 2.31. The highest BCUT2D eigenvalue weighted by atomic mass is 16.3. The third kappa shape index (κ3) is 4.99. The smallest absolute Gasteiger partial charge is 0.225 e. The molecule has 2 amide bonds. The van der Waals surface area contributed by atoms with E-state index in [0.29, 0.717) is 19.5 Å². The van der Waals surface area contributed by atoms with Crippen molar-refractivity contribution < 1.29 is 14.7 Å². The monoisotopic (exact) mass is 298 g/mol. The van der Waals surface area contributed by atoms with Gasteiger partial charge in [-0.3, -0.25) is 9.59 Å². The van der Waals surface area contributed by atoms with Crippen LogP contribution in [0.15, 0.2) is 0 Å². The van der Waals surface area contributed by atoms with Gasteiger partial charge in [-0.2, -0.15) is 0 Å². The first-order chi connectivity index (χ1) is 9.83. The van der Waals surface area contributed by atoms with Crippen LogP contribution in [0.4, 0.5) is 0 Å². The van der Waals surface area contributed by atoms with Gasteiger partial charge in [0.05, 0.1) is 0 Å². The van der Waals surface area contributed by atoms with Crippen molar-refractivity contribution in [2.24, 2.45) is 11.8 Å². The molecule has 0 spiro atoms. The van der Waals surface area contributed by atoms with Crippen LogP contribution in [-0.4, -0.2) is 47.1 Å². The Morgan fingerprint density at radius 1 is 1.33 bits per heavy atom. The molecule has 0 saturated carbocycles. The van der Waals surface area contributed by atoms with Gasteiger partial charge in [-0.15, -0.1) is 0 Å². The number of nitrogens with zero attached hydrogens (tertiary/aromatic N) is 1. The molecule has 1 rings (SSSR count). The minimum absolute atomic E-state index is 0.0170. The van der Waals surface area contributed by atoms with Gasteiger partial charge in [-0.1, -0.05) is 20.8 Å². The van der Waals surface area contributed by atoms with Crippen LogP contribution < -0.4 is 5.32 Å². The fraction of sp³-hybridized carbons (Fsp3) is 0.875. The van der Waals surface area contributed by atoms with Gasteiger partial charge in [0.1, 0.15) is 0 Å². The molecule has 1 fully saturated rings. The zero-order valence-electron chi connectivity index (χ0n) is 13.8. The summed E-state index contributed by atoms with van der Waals surface area (Å²) in [5.74, 6) is 0.228. The summed E-state index contributed by atoms with van der Waals surface area (Å²) in [6.07, 6.45) is 2.82. The van der Waals surface area contributed by atoms with Crippen molar-refractivity contribution in [1.29, 1.82) is 0 Å². The number of amides is 2. The van der Waals surface area contributed by atoms with Crippen molar-refractivity contribution in [3.05, 3.63) is 0 Å². The fourth-order valence-electron chi connectivity index (χ4n) is 2.70. The fourth-order valence-corrected chi connectivity index (χ4v) is 2.70. The number of likely N-dealkylation sites (tertiary alicyclic amines) is 1. The molecular weight excluding hydrogens is 268 g/mol. The largest absolute Gasteiger partial charge is 0.396 e. The molecule has 1 aliphatic rings. The van der Waals surface area contributed by atoms with E-state index in [1.165, 1.54) is 0 Å². The molecule has 21 heavy (non-hydrogen) atoms. The van der Waals surface area contributed by atoms with Gasteiger partial charge in [-0.05, 0) is 32.6 Å². The molecular formula is C16H30N2O3. The number of aliphatic hydroxyl groups excluding tert-OH is 1. The lowest BCUT2D eigenvalue weighted by Gasteiger charge is -2.35. The van der Waals surface area contributed by atoms with Gasteiger partial charge in [-0.25, -0.2) is 0 Å². The number of aliphatic hydroxyl groups is 1. The molecule has 1 heterocycles. The van der Waals surface area contributed by atoms with Crippen LogP contribution in [0.25, 0.3) is 0 Å². The summed E-state index contributed by atoms with van der Waals surface area (Å²) in [5, 5.41) is 12.2. The Balaban J connectivity index is 2.50. The number of hydrogen-bond acceptors (Lipinski definition) is 3. The molecule has 0 aromatic rings. The summed E-state index contributed by atoms with van der Waals surface area (Å²) in [5.41, 5.74) is -0.337. The summed E-state index contributed by atoms with van der Waals surface area (Å²) >= 11 is 0. The number of carbonyl (C=O) groups excluding carboxylic acids is 2. The van der Waals surface area contributed by atoms with Gasteiger partial charge in [0.2, 0.25) is 11.8 Å². The van der Waals surface area contributed by atoms with E-state index in [1.807, 2.05) is 32.6 Å². The summed E-state index contributed by atoms with van der Waals surface area (Å²) in [6, 6.07) is 0. The molecule has 122 valence electrons. The van der Waals surface area contributed by atoms with Crippen molar-refractivity contribution in [1.82, 2.24) is 10.2 Å². The summed E-state index contributed by atoms with van der Waals surface area (Å²) in [6.45, 7) is 9.20. The highest BCUT2D eigenvalue weighted by molar-refractivity contribution is 5.81. The second kappa shape index (κ2) is 7.78. The quantitative estimate of drug-likeness (QED) is 0.781. The Labute approximate surface area is 128 Å². The minimum Gasteiger partial charge on any atom is -0.396 e. The third-order valence-corrected chi connectivity index (χ3v) is 4.54. The van der Waals surface area contributed by atoms with E-state index in [1.54, 1.807) is 0 Å². The second-order valence-electron chi connectivity index (χ2n) is 6.63. The van der Waals surface area contributed by atoms with Gasteiger partial charge >= 0.3 is 0 Å². The Morgan fingerprint density at radius 2 is 1.90 bits per heavy atom. The van der Waals surface area contributed by atoms with Crippen LogP contribution in [0.3, 0.4) is 0 Å². The second-order valence-corrected chi connectivity index (χ2v) is 6.63. The maximum atomic E-state index is 12.4. The van der Waals surface area contributed by atoms with Gasteiger partial charge in [0.15, 0.2) is 0 Å². The average Bonchev–Trinajstić information content (AvgIpc) is 2.46. The maximum Gasteiger partial charge on any atom is 0.225 e. The predicted molar refractivity (Wildman–Crippen MR) is 82.7 cm³/mol. The van der Waals surface area contributed by atoms with Crippen LogP contribution in [-0.2, 0) is 9.59 Å². The van der Waals surface area contributed by atoms with E-state index >= 15 is 0 Å². The third-order valence-electron chi connectivity index (χ3n) is 4.54. The zero-order valence-corrected chi connectivity index (χ0v) is 13.8. The highest BCUT2D eigenvalue weighted by Crippen LogP contribution is 2.21. The van der Waals surface area contributed by atoms with Crippen LogP contribution in [0.1, 0.15) is 53.4 Å². The van der Waals surface area contributed by atoms with Crippen LogP contribution in [0.5, 0.6) is 0 Å². The molecule has 0 aliphatic carbocycles. The average molecular weight is 298 g/mol. The van der Waals surface area contributed by atoms with E-state index in [9.17, 15) is 9.59 Å². The zero-order chi connectivity index (χ0) is 16.0. The van der Waals surface area contributed by atoms with Crippen LogP contribution in [0.2, 0.25) is 0 Å². The maximum absolute atomic E-state index is 12.4. The molecule has 1 aliphatic heterocycles. The topological polar surface area (TPSA) is 69.6 Å². The lowest BCUT2D eigenvalue weighted by Crippen LogP contribution is -2.51. The molecule has 5 nitrogen and oxygen atoms in total. The first-order valence-electron chi connectivity index (χ1n) is 8.04. The molecule has 1 saturated heterocycles. The van der Waals surface area contributed by atoms with Gasteiger partial charge < -0.3 is 15.3 Å². The van der Waals surface area contributed by atoms with E-state index in [-0.39, 0.29) is 35.8 Å². The minimum atomic E-state index is -0.337. The molecule has 5 heteroatoms. The van der Waals surface area contributed by atoms with Crippen molar-refractivity contribution in [2.45, 2.75) is 58.9 Å². The molecule has 0 bridgehead atoms. The Morgan fingerprint density at radius 3 is 2.33 bits per heavy atom. The Hall–Kier alpha value is -1.10. The predicted octanol–water partition coefficient (Wildman–Crippen LogP) is 1.55. The van der Waals surface area contributed by atoms with E-state index in [2.05, 4.69) is 5.32 Å². The van der Waals surface area contributed by atoms with E-state index in [4.69, 9.17) is 5.11 Å². The number of rotatable bonds is 6. The molecule has 1 atom stereocenters. The molecule has 1 unspecified atom stereocenters. The number of nitrogens with one attached hydrogen (secondary N) is 1. The lowest BCUT2D eigenvalue weighted by molar-refractivity contribution is -0.138. The number of piperidine rings is 1. The Bertz CT molecular complexity index is 363. The standard InChI is InChI=1S/C16H30N2O3/c1-5-16(4,8-11-19)17-14(20)13-6-9-18(10-7-13)15(21)12(2)3/h12-13,19H,5-11H2,1-4H3,(H,17,20). The number of hydrogen-bond donors (Lipinski definition) is 2. The van der Waals surface area contributed by atoms with Gasteiger partial charge in [0, 0.05) is 37.1 Å². The van der Waals surface area contributed by atoms with E-state index < -0.39 is 0 Å². The lowest BCUT2D eigenvalue weighted by atomic mass is 9.90. The first-order valence-corrected chi connectivity index (χ1v) is 8.04. The molecule has 0 aromatic heterocycles. The Kier molecular flexibility index (Phi) is 6.65. The summed E-state index contributed by atoms with van der Waals surface area (Å²) < 4.78 is 0. The van der Waals surface area contributed by atoms with E-state index in [0.717, 1.165) is 19.3 Å². The van der Waals surface area contributed by atoms with Crippen molar-refractivity contribution in [2.75, 3.05) is 19.7 Å². The van der Waals surface area contributed by atoms with Gasteiger partial charge in [0.25, 0.3) is 0 Å². The molecule has 0 aromatic carbocycles. The van der Waals surface area contributed by atoms with Crippen LogP contribution >= 0.6 is 0 Å².